The van der Waals surface area contributed by atoms with Crippen molar-refractivity contribution in [2.45, 2.75) is 17.7 Å². The van der Waals surface area contributed by atoms with Crippen molar-refractivity contribution in [2.75, 3.05) is 19.0 Å². The number of aryl methyl sites for hydroxylation is 1. The molecule has 0 saturated heterocycles. The first kappa shape index (κ1) is 23.2. The lowest BCUT2D eigenvalue weighted by Gasteiger charge is -2.08. The zero-order valence-corrected chi connectivity index (χ0v) is 18.4. The van der Waals surface area contributed by atoms with Crippen LogP contribution in [0.25, 0.3) is 11.1 Å². The second-order valence-electron chi connectivity index (χ2n) is 7.00. The number of carbonyl (C=O) groups is 2. The summed E-state index contributed by atoms with van der Waals surface area (Å²) in [6, 6.07) is 23.5. The van der Waals surface area contributed by atoms with E-state index in [9.17, 15) is 18.0 Å². The number of benzene rings is 3. The van der Waals surface area contributed by atoms with Crippen LogP contribution >= 0.6 is 0 Å². The smallest absolute Gasteiger partial charge is 0.306 e. The van der Waals surface area contributed by atoms with Gasteiger partial charge in [0, 0.05) is 12.1 Å². The van der Waals surface area contributed by atoms with Crippen LogP contribution in [0.2, 0.25) is 0 Å². The van der Waals surface area contributed by atoms with Crippen molar-refractivity contribution in [1.29, 1.82) is 0 Å². The van der Waals surface area contributed by atoms with E-state index in [1.165, 1.54) is 19.2 Å². The number of sulfonamides is 1. The van der Waals surface area contributed by atoms with E-state index in [2.05, 4.69) is 10.0 Å². The predicted molar refractivity (Wildman–Crippen MR) is 122 cm³/mol. The van der Waals surface area contributed by atoms with Gasteiger partial charge in [-0.3, -0.25) is 9.59 Å². The molecule has 2 N–H and O–H groups in total. The van der Waals surface area contributed by atoms with Crippen LogP contribution in [0.3, 0.4) is 0 Å². The molecule has 3 rings (SSSR count). The van der Waals surface area contributed by atoms with E-state index < -0.39 is 21.9 Å². The van der Waals surface area contributed by atoms with Crippen molar-refractivity contribution >= 4 is 27.6 Å². The Hall–Kier alpha value is -3.49. The number of esters is 1. The molecule has 3 aromatic carbocycles. The van der Waals surface area contributed by atoms with E-state index in [-0.39, 0.29) is 17.9 Å². The zero-order chi connectivity index (χ0) is 23.0. The largest absolute Gasteiger partial charge is 0.456 e. The molecule has 1 amide bonds. The lowest BCUT2D eigenvalue weighted by atomic mass is 10.1. The summed E-state index contributed by atoms with van der Waals surface area (Å²) in [6.45, 7) is -0.376. The topological polar surface area (TPSA) is 102 Å². The summed E-state index contributed by atoms with van der Waals surface area (Å²) in [6.07, 6.45) is 0.457. The summed E-state index contributed by atoms with van der Waals surface area (Å²) < 4.78 is 30.7. The summed E-state index contributed by atoms with van der Waals surface area (Å²) in [5, 5.41) is 2.70. The summed E-state index contributed by atoms with van der Waals surface area (Å²) in [5.74, 6) is -0.932. The maximum absolute atomic E-state index is 12.1. The quantitative estimate of drug-likeness (QED) is 0.485. The molecule has 0 unspecified atom stereocenters. The van der Waals surface area contributed by atoms with E-state index >= 15 is 0 Å². The van der Waals surface area contributed by atoms with E-state index in [4.69, 9.17) is 4.74 Å². The molecule has 0 spiro atoms. The Labute approximate surface area is 187 Å². The number of nitrogens with one attached hydrogen (secondary N) is 2. The van der Waals surface area contributed by atoms with Gasteiger partial charge in [-0.15, -0.1) is 0 Å². The van der Waals surface area contributed by atoms with Gasteiger partial charge in [-0.05, 0) is 54.4 Å². The van der Waals surface area contributed by atoms with Crippen molar-refractivity contribution in [3.05, 3.63) is 84.4 Å². The second kappa shape index (κ2) is 10.7. The van der Waals surface area contributed by atoms with E-state index in [0.717, 1.165) is 16.7 Å². The molecule has 0 fully saturated rings. The fourth-order valence-corrected chi connectivity index (χ4v) is 3.72. The van der Waals surface area contributed by atoms with E-state index in [1.54, 1.807) is 24.3 Å². The number of amides is 1. The lowest BCUT2D eigenvalue weighted by Crippen LogP contribution is -2.21. The first-order chi connectivity index (χ1) is 15.4. The number of rotatable bonds is 9. The molecule has 0 aliphatic carbocycles. The van der Waals surface area contributed by atoms with Crippen LogP contribution in [-0.2, 0) is 30.8 Å². The van der Waals surface area contributed by atoms with Crippen LogP contribution in [0.5, 0.6) is 0 Å². The number of carbonyl (C=O) groups excluding carboxylic acids is 2. The van der Waals surface area contributed by atoms with Crippen LogP contribution in [-0.4, -0.2) is 33.9 Å². The molecule has 0 aliphatic heterocycles. The fourth-order valence-electron chi connectivity index (χ4n) is 2.99. The highest BCUT2D eigenvalue weighted by atomic mass is 32.2. The number of hydrogen-bond donors (Lipinski definition) is 2. The second-order valence-corrected chi connectivity index (χ2v) is 8.89. The summed E-state index contributed by atoms with van der Waals surface area (Å²) in [4.78, 5) is 24.1. The number of ether oxygens (including phenoxy) is 1. The van der Waals surface area contributed by atoms with Gasteiger partial charge in [-0.1, -0.05) is 54.6 Å². The minimum absolute atomic E-state index is 0.0805. The van der Waals surface area contributed by atoms with Crippen molar-refractivity contribution in [3.63, 3.8) is 0 Å². The summed E-state index contributed by atoms with van der Waals surface area (Å²) in [5.41, 5.74) is 3.52. The Morgan fingerprint density at radius 3 is 2.09 bits per heavy atom. The van der Waals surface area contributed by atoms with Crippen LogP contribution in [0.4, 0.5) is 5.69 Å². The van der Waals surface area contributed by atoms with Crippen LogP contribution in [0.15, 0.2) is 83.8 Å². The molecule has 0 atom stereocenters. The monoisotopic (exact) mass is 452 g/mol. The molecular formula is C24H24N2O5S. The highest BCUT2D eigenvalue weighted by Gasteiger charge is 2.12. The molecule has 0 saturated carbocycles. The van der Waals surface area contributed by atoms with Gasteiger partial charge in [0.05, 0.1) is 4.90 Å². The van der Waals surface area contributed by atoms with Gasteiger partial charge in [0.2, 0.25) is 10.0 Å². The highest BCUT2D eigenvalue weighted by Crippen LogP contribution is 2.21. The molecule has 32 heavy (non-hydrogen) atoms. The van der Waals surface area contributed by atoms with Gasteiger partial charge in [-0.25, -0.2) is 13.1 Å². The van der Waals surface area contributed by atoms with Crippen LogP contribution in [0, 0.1) is 0 Å². The molecule has 0 bridgehead atoms. The van der Waals surface area contributed by atoms with Gasteiger partial charge >= 0.3 is 5.97 Å². The molecule has 0 aliphatic rings. The fraction of sp³-hybridized carbons (Fsp3) is 0.167. The maximum Gasteiger partial charge on any atom is 0.306 e. The minimum Gasteiger partial charge on any atom is -0.456 e. The number of anilines is 1. The van der Waals surface area contributed by atoms with E-state index in [0.29, 0.717) is 12.1 Å². The third kappa shape index (κ3) is 6.50. The van der Waals surface area contributed by atoms with E-state index in [1.807, 2.05) is 42.5 Å². The standard InChI is InChI=1S/C24H24N2O5S/c1-25-32(29,30)22-14-7-18(8-15-22)9-16-24(28)31-17-23(27)26-21-12-10-20(11-13-21)19-5-3-2-4-6-19/h2-8,10-15,25H,9,16-17H2,1H3,(H,26,27). The van der Waals surface area contributed by atoms with Crippen LogP contribution < -0.4 is 10.0 Å². The van der Waals surface area contributed by atoms with Crippen molar-refractivity contribution in [3.8, 4) is 11.1 Å². The Morgan fingerprint density at radius 2 is 1.47 bits per heavy atom. The molecule has 166 valence electrons. The number of hydrogen-bond acceptors (Lipinski definition) is 5. The third-order valence-electron chi connectivity index (χ3n) is 4.76. The molecule has 0 aromatic heterocycles. The van der Waals surface area contributed by atoms with Crippen LogP contribution in [0.1, 0.15) is 12.0 Å². The van der Waals surface area contributed by atoms with Gasteiger partial charge in [-0.2, -0.15) is 0 Å². The Morgan fingerprint density at radius 1 is 0.844 bits per heavy atom. The SMILES string of the molecule is CNS(=O)(=O)c1ccc(CCC(=O)OCC(=O)Nc2ccc(-c3ccccc3)cc2)cc1. The molecule has 7 nitrogen and oxygen atoms in total. The summed E-state index contributed by atoms with van der Waals surface area (Å²) >= 11 is 0. The lowest BCUT2D eigenvalue weighted by molar-refractivity contribution is -0.147. The molecule has 0 radical (unpaired) electrons. The first-order valence-corrected chi connectivity index (χ1v) is 11.5. The highest BCUT2D eigenvalue weighted by molar-refractivity contribution is 7.89. The molecule has 8 heteroatoms. The minimum atomic E-state index is -3.49. The Kier molecular flexibility index (Phi) is 7.75. The van der Waals surface area contributed by atoms with Gasteiger partial charge in [0.15, 0.2) is 6.61 Å². The average Bonchev–Trinajstić information content (AvgIpc) is 2.82. The maximum atomic E-state index is 12.1. The third-order valence-corrected chi connectivity index (χ3v) is 6.19. The van der Waals surface area contributed by atoms with Gasteiger partial charge in [0.1, 0.15) is 0 Å². The molecular weight excluding hydrogens is 428 g/mol. The van der Waals surface area contributed by atoms with Gasteiger partial charge in [0.25, 0.3) is 5.91 Å². The summed E-state index contributed by atoms with van der Waals surface area (Å²) in [7, 11) is -2.15. The molecule has 0 heterocycles. The Bertz CT molecular complexity index is 1160. The first-order valence-electron chi connectivity index (χ1n) is 10.0. The van der Waals surface area contributed by atoms with Crippen molar-refractivity contribution in [2.24, 2.45) is 0 Å². The predicted octanol–water partition coefficient (Wildman–Crippen LogP) is 3.38. The average molecular weight is 453 g/mol. The van der Waals surface area contributed by atoms with Crippen molar-refractivity contribution in [1.82, 2.24) is 4.72 Å². The van der Waals surface area contributed by atoms with Crippen molar-refractivity contribution < 1.29 is 22.7 Å². The molecule has 3 aromatic rings. The van der Waals surface area contributed by atoms with Gasteiger partial charge < -0.3 is 10.1 Å². The Balaban J connectivity index is 1.42. The zero-order valence-electron chi connectivity index (χ0n) is 17.6. The normalized spacial score (nSPS) is 11.0.